The van der Waals surface area contributed by atoms with E-state index in [1.807, 2.05) is 6.07 Å². The van der Waals surface area contributed by atoms with Gasteiger partial charge in [-0.05, 0) is 37.1 Å². The molecule has 1 atom stereocenters. The van der Waals surface area contributed by atoms with Gasteiger partial charge in [-0.1, -0.05) is 17.7 Å². The van der Waals surface area contributed by atoms with Crippen LogP contribution in [0.1, 0.15) is 18.1 Å². The molecule has 2 heterocycles. The Balaban J connectivity index is 1.74. The number of pyridine rings is 1. The van der Waals surface area contributed by atoms with Gasteiger partial charge in [-0.2, -0.15) is 0 Å². The number of nitrogens with one attached hydrogen (secondary N) is 1. The number of aryl methyl sites for hydroxylation is 1. The number of hydrogen-bond donors (Lipinski definition) is 1. The molecule has 134 valence electrons. The first-order valence-corrected chi connectivity index (χ1v) is 8.39. The van der Waals surface area contributed by atoms with E-state index in [4.69, 9.17) is 20.8 Å². The number of nitrogens with zero attached hydrogens (tertiary/aromatic N) is 1. The number of rotatable bonds is 5. The van der Waals surface area contributed by atoms with Gasteiger partial charge in [0.25, 0.3) is 5.91 Å². The lowest BCUT2D eigenvalue weighted by Crippen LogP contribution is -2.36. The van der Waals surface area contributed by atoms with Gasteiger partial charge in [0.1, 0.15) is 11.3 Å². The summed E-state index contributed by atoms with van der Waals surface area (Å²) in [6.07, 6.45) is 2.56. The van der Waals surface area contributed by atoms with Crippen LogP contribution >= 0.6 is 11.6 Å². The lowest BCUT2D eigenvalue weighted by atomic mass is 10.1. The molecular formula is C19H17ClN2O4. The number of halogens is 1. The Bertz CT molecular complexity index is 1000. The summed E-state index contributed by atoms with van der Waals surface area (Å²) in [5.41, 5.74) is 1.55. The van der Waals surface area contributed by atoms with Crippen LogP contribution in [0.4, 0.5) is 0 Å². The Hall–Kier alpha value is -2.86. The van der Waals surface area contributed by atoms with Crippen molar-refractivity contribution in [1.82, 2.24) is 10.3 Å². The van der Waals surface area contributed by atoms with Crippen LogP contribution < -0.4 is 15.7 Å². The van der Waals surface area contributed by atoms with Gasteiger partial charge in [0, 0.05) is 36.5 Å². The largest absolute Gasteiger partial charge is 0.479 e. The van der Waals surface area contributed by atoms with Crippen molar-refractivity contribution in [1.29, 1.82) is 0 Å². The monoisotopic (exact) mass is 372 g/mol. The number of ether oxygens (including phenoxy) is 1. The minimum Gasteiger partial charge on any atom is -0.479 e. The van der Waals surface area contributed by atoms with Crippen molar-refractivity contribution in [3.63, 3.8) is 0 Å². The Labute approximate surface area is 154 Å². The van der Waals surface area contributed by atoms with Crippen LogP contribution in [0.2, 0.25) is 5.02 Å². The average Bonchev–Trinajstić information content (AvgIpc) is 2.62. The predicted molar refractivity (Wildman–Crippen MR) is 98.4 cm³/mol. The van der Waals surface area contributed by atoms with Gasteiger partial charge in [-0.15, -0.1) is 0 Å². The van der Waals surface area contributed by atoms with Crippen molar-refractivity contribution < 1.29 is 13.9 Å². The summed E-state index contributed by atoms with van der Waals surface area (Å²) in [6.45, 7) is 3.76. The highest BCUT2D eigenvalue weighted by Gasteiger charge is 2.17. The van der Waals surface area contributed by atoms with Crippen molar-refractivity contribution >= 4 is 28.5 Å². The van der Waals surface area contributed by atoms with Crippen LogP contribution in [-0.2, 0) is 11.3 Å². The third-order valence-corrected chi connectivity index (χ3v) is 4.16. The van der Waals surface area contributed by atoms with E-state index in [0.717, 1.165) is 16.5 Å². The normalized spacial score (nSPS) is 12.0. The fourth-order valence-electron chi connectivity index (χ4n) is 2.49. The van der Waals surface area contributed by atoms with E-state index in [9.17, 15) is 9.59 Å². The molecule has 0 radical (unpaired) electrons. The number of carbonyl (C=O) groups excluding carboxylic acids is 1. The first-order chi connectivity index (χ1) is 12.4. The minimum atomic E-state index is -0.779. The molecule has 1 N–H and O–H groups in total. The van der Waals surface area contributed by atoms with E-state index < -0.39 is 11.7 Å². The zero-order chi connectivity index (χ0) is 18.7. The Morgan fingerprint density at radius 2 is 2.19 bits per heavy atom. The van der Waals surface area contributed by atoms with Crippen molar-refractivity contribution in [2.45, 2.75) is 26.5 Å². The minimum absolute atomic E-state index is 0.275. The first-order valence-electron chi connectivity index (χ1n) is 8.01. The summed E-state index contributed by atoms with van der Waals surface area (Å²) in [7, 11) is 0. The zero-order valence-corrected chi connectivity index (χ0v) is 15.0. The van der Waals surface area contributed by atoms with Gasteiger partial charge < -0.3 is 14.5 Å². The van der Waals surface area contributed by atoms with Gasteiger partial charge in [0.05, 0.1) is 5.02 Å². The SMILES string of the molecule is Cc1cc(=O)oc2cc(O[C@H](C)C(=O)NCc3cccnc3)c(Cl)cc12. The molecule has 0 aliphatic carbocycles. The second-order valence-corrected chi connectivity index (χ2v) is 6.27. The molecule has 26 heavy (non-hydrogen) atoms. The van der Waals surface area contributed by atoms with Crippen LogP contribution in [0.5, 0.6) is 5.75 Å². The first kappa shape index (κ1) is 17.9. The molecule has 0 unspecified atom stereocenters. The van der Waals surface area contributed by atoms with Crippen molar-refractivity contribution in [2.75, 3.05) is 0 Å². The molecule has 6 nitrogen and oxygen atoms in total. The van der Waals surface area contributed by atoms with E-state index in [-0.39, 0.29) is 11.7 Å². The highest BCUT2D eigenvalue weighted by atomic mass is 35.5. The van der Waals surface area contributed by atoms with Gasteiger partial charge >= 0.3 is 5.63 Å². The maximum absolute atomic E-state index is 12.2. The molecule has 0 aliphatic rings. The van der Waals surface area contributed by atoms with Crippen molar-refractivity contribution in [2.24, 2.45) is 0 Å². The predicted octanol–water partition coefficient (Wildman–Crippen LogP) is 3.23. The Kier molecular flexibility index (Phi) is 5.23. The number of aromatic nitrogens is 1. The maximum Gasteiger partial charge on any atom is 0.336 e. The van der Waals surface area contributed by atoms with E-state index in [1.54, 1.807) is 38.4 Å². The fourth-order valence-corrected chi connectivity index (χ4v) is 2.70. The molecule has 0 saturated carbocycles. The Morgan fingerprint density at radius 3 is 2.92 bits per heavy atom. The van der Waals surface area contributed by atoms with Crippen LogP contribution in [0, 0.1) is 6.92 Å². The summed E-state index contributed by atoms with van der Waals surface area (Å²) in [5, 5.41) is 3.83. The topological polar surface area (TPSA) is 81.4 Å². The molecule has 2 aromatic heterocycles. The van der Waals surface area contributed by atoms with Gasteiger partial charge in [-0.25, -0.2) is 4.79 Å². The van der Waals surface area contributed by atoms with Crippen molar-refractivity contribution in [3.8, 4) is 5.75 Å². The molecule has 0 spiro atoms. The van der Waals surface area contributed by atoms with Gasteiger partial charge in [0.2, 0.25) is 0 Å². The molecule has 0 fully saturated rings. The summed E-state index contributed by atoms with van der Waals surface area (Å²) in [6, 6.07) is 8.24. The van der Waals surface area contributed by atoms with E-state index in [2.05, 4.69) is 10.3 Å². The number of fused-ring (bicyclic) bond motifs is 1. The second-order valence-electron chi connectivity index (χ2n) is 5.87. The Morgan fingerprint density at radius 1 is 1.38 bits per heavy atom. The third kappa shape index (κ3) is 4.03. The van der Waals surface area contributed by atoms with Crippen LogP contribution in [-0.4, -0.2) is 17.0 Å². The lowest BCUT2D eigenvalue weighted by Gasteiger charge is -2.16. The number of benzene rings is 1. The number of carbonyl (C=O) groups is 1. The van der Waals surface area contributed by atoms with Gasteiger partial charge in [0.15, 0.2) is 6.10 Å². The second kappa shape index (κ2) is 7.58. The van der Waals surface area contributed by atoms with Crippen LogP contribution in [0.25, 0.3) is 11.0 Å². The number of amides is 1. The summed E-state index contributed by atoms with van der Waals surface area (Å²) in [5.74, 6) is -0.0207. The number of hydrogen-bond acceptors (Lipinski definition) is 5. The van der Waals surface area contributed by atoms with Crippen LogP contribution in [0.3, 0.4) is 0 Å². The summed E-state index contributed by atoms with van der Waals surface area (Å²) >= 11 is 6.25. The highest BCUT2D eigenvalue weighted by Crippen LogP contribution is 2.31. The maximum atomic E-state index is 12.2. The molecule has 0 aliphatic heterocycles. The molecule has 0 bridgehead atoms. The average molecular weight is 373 g/mol. The fraction of sp³-hybridized carbons (Fsp3) is 0.211. The van der Waals surface area contributed by atoms with E-state index >= 15 is 0 Å². The molecule has 0 saturated heterocycles. The molecule has 7 heteroatoms. The highest BCUT2D eigenvalue weighted by molar-refractivity contribution is 6.32. The van der Waals surface area contributed by atoms with Gasteiger partial charge in [-0.3, -0.25) is 9.78 Å². The van der Waals surface area contributed by atoms with E-state index in [1.165, 1.54) is 12.1 Å². The standard InChI is InChI=1S/C19H17ClN2O4/c1-11-6-18(23)26-16-8-17(15(20)7-14(11)16)25-12(2)19(24)22-10-13-4-3-5-21-9-13/h3-9,12H,10H2,1-2H3,(H,22,24)/t12-/m1/s1. The quantitative estimate of drug-likeness (QED) is 0.695. The third-order valence-electron chi connectivity index (χ3n) is 3.87. The van der Waals surface area contributed by atoms with E-state index in [0.29, 0.717) is 17.2 Å². The lowest BCUT2D eigenvalue weighted by molar-refractivity contribution is -0.127. The van der Waals surface area contributed by atoms with Crippen LogP contribution in [0.15, 0.2) is 51.9 Å². The van der Waals surface area contributed by atoms with Crippen molar-refractivity contribution in [3.05, 3.63) is 69.3 Å². The molecule has 3 rings (SSSR count). The zero-order valence-electron chi connectivity index (χ0n) is 14.3. The molecule has 1 amide bonds. The molecular weight excluding hydrogens is 356 g/mol. The molecule has 1 aromatic carbocycles. The molecule has 3 aromatic rings. The smallest absolute Gasteiger partial charge is 0.336 e. The summed E-state index contributed by atoms with van der Waals surface area (Å²) < 4.78 is 10.8. The summed E-state index contributed by atoms with van der Waals surface area (Å²) in [4.78, 5) is 27.8.